The fourth-order valence-electron chi connectivity index (χ4n) is 5.92. The largest absolute Gasteiger partial charge is 0.493 e. The predicted octanol–water partition coefficient (Wildman–Crippen LogP) is 8.84. The Bertz CT molecular complexity index is 1920. The van der Waals surface area contributed by atoms with Gasteiger partial charge in [0.2, 0.25) is 11.8 Å². The van der Waals surface area contributed by atoms with E-state index in [1.165, 1.54) is 23.3 Å². The first kappa shape index (κ1) is 35.6. The third-order valence-electron chi connectivity index (χ3n) is 8.76. The molecule has 1 aliphatic heterocycles. The minimum absolute atomic E-state index is 0.0125. The summed E-state index contributed by atoms with van der Waals surface area (Å²) in [4.78, 5) is 21.8. The monoisotopic (exact) mass is 705 g/mol. The summed E-state index contributed by atoms with van der Waals surface area (Å²) in [6.45, 7) is 8.70. The van der Waals surface area contributed by atoms with Crippen LogP contribution in [0.3, 0.4) is 0 Å². The summed E-state index contributed by atoms with van der Waals surface area (Å²) < 4.78 is 30.8. The number of aryl methyl sites for hydroxylation is 2. The standard InChI is InChI=1S/C42H41ClFN3O4/c1-30-25-34(26-31(2)42(30)51-40-17-16-38(27-45-40)50-29-35-5-3-4-6-39(35)43)11-18-41(48)47-22-20-46(21-23-47)28-33-9-7-32(8-10-33)19-24-49-37-14-12-36(44)13-15-37/h3-18,25-27H,19-24,28-29H2,1-2H3. The molecule has 1 fully saturated rings. The van der Waals surface area contributed by atoms with Gasteiger partial charge in [-0.15, -0.1) is 0 Å². The van der Waals surface area contributed by atoms with Gasteiger partial charge in [0.1, 0.15) is 29.7 Å². The Morgan fingerprint density at radius 3 is 2.22 bits per heavy atom. The number of ether oxygens (including phenoxy) is 3. The molecule has 5 aromatic rings. The highest BCUT2D eigenvalue weighted by Gasteiger charge is 2.20. The second kappa shape index (κ2) is 17.2. The van der Waals surface area contributed by atoms with Crippen LogP contribution in [0.25, 0.3) is 6.08 Å². The Morgan fingerprint density at radius 2 is 1.53 bits per heavy atom. The van der Waals surface area contributed by atoms with Crippen LogP contribution in [0.2, 0.25) is 5.02 Å². The van der Waals surface area contributed by atoms with Crippen LogP contribution in [0.15, 0.2) is 109 Å². The van der Waals surface area contributed by atoms with E-state index in [0.717, 1.165) is 54.1 Å². The van der Waals surface area contributed by atoms with E-state index in [1.807, 2.05) is 67.3 Å². The molecule has 0 saturated carbocycles. The number of piperazine rings is 1. The maximum absolute atomic E-state index is 13.1. The average Bonchev–Trinajstić information content (AvgIpc) is 3.14. The number of benzene rings is 4. The number of hydrogen-bond acceptors (Lipinski definition) is 6. The van der Waals surface area contributed by atoms with Gasteiger partial charge < -0.3 is 19.1 Å². The van der Waals surface area contributed by atoms with Crippen molar-refractivity contribution >= 4 is 23.6 Å². The van der Waals surface area contributed by atoms with Crippen LogP contribution in [-0.2, 0) is 24.4 Å². The van der Waals surface area contributed by atoms with Gasteiger partial charge in [0.05, 0.1) is 12.8 Å². The highest BCUT2D eigenvalue weighted by atomic mass is 35.5. The van der Waals surface area contributed by atoms with Gasteiger partial charge in [-0.1, -0.05) is 54.1 Å². The van der Waals surface area contributed by atoms with Gasteiger partial charge in [-0.3, -0.25) is 9.69 Å². The lowest BCUT2D eigenvalue weighted by Gasteiger charge is -2.34. The fourth-order valence-corrected chi connectivity index (χ4v) is 6.11. The zero-order valence-corrected chi connectivity index (χ0v) is 29.6. The second-order valence-electron chi connectivity index (χ2n) is 12.6. The quantitative estimate of drug-likeness (QED) is 0.114. The van der Waals surface area contributed by atoms with E-state index in [1.54, 1.807) is 30.5 Å². The van der Waals surface area contributed by atoms with Gasteiger partial charge in [-0.25, -0.2) is 9.37 Å². The lowest BCUT2D eigenvalue weighted by atomic mass is 10.1. The molecule has 1 amide bonds. The molecule has 0 radical (unpaired) electrons. The second-order valence-corrected chi connectivity index (χ2v) is 13.0. The highest BCUT2D eigenvalue weighted by molar-refractivity contribution is 6.31. The van der Waals surface area contributed by atoms with Crippen LogP contribution in [0.1, 0.15) is 33.4 Å². The molecule has 2 heterocycles. The number of carbonyl (C=O) groups excluding carboxylic acids is 1. The summed E-state index contributed by atoms with van der Waals surface area (Å²) in [5.74, 6) is 2.23. The maximum atomic E-state index is 13.1. The fraction of sp³-hybridized carbons (Fsp3) is 0.238. The highest BCUT2D eigenvalue weighted by Crippen LogP contribution is 2.30. The van der Waals surface area contributed by atoms with Crippen LogP contribution in [-0.4, -0.2) is 53.5 Å². The SMILES string of the molecule is Cc1cc(C=CC(=O)N2CCN(Cc3ccc(CCOc4ccc(F)cc4)cc3)CC2)cc(C)c1Oc1ccc(OCc2ccccc2Cl)cn1. The number of rotatable bonds is 13. The predicted molar refractivity (Wildman–Crippen MR) is 199 cm³/mol. The van der Waals surface area contributed by atoms with E-state index in [2.05, 4.69) is 34.1 Å². The number of hydrogen-bond donors (Lipinski definition) is 0. The molecule has 0 aliphatic carbocycles. The molecule has 1 saturated heterocycles. The molecule has 7 nitrogen and oxygen atoms in total. The zero-order valence-electron chi connectivity index (χ0n) is 28.9. The Kier molecular flexibility index (Phi) is 12.0. The maximum Gasteiger partial charge on any atom is 0.246 e. The Morgan fingerprint density at radius 1 is 0.843 bits per heavy atom. The number of nitrogens with zero attached hydrogens (tertiary/aromatic N) is 3. The lowest BCUT2D eigenvalue weighted by molar-refractivity contribution is -0.127. The van der Waals surface area contributed by atoms with Crippen LogP contribution in [0.4, 0.5) is 4.39 Å². The summed E-state index contributed by atoms with van der Waals surface area (Å²) in [6, 6.07) is 29.8. The summed E-state index contributed by atoms with van der Waals surface area (Å²) >= 11 is 6.22. The van der Waals surface area contributed by atoms with E-state index >= 15 is 0 Å². The van der Waals surface area contributed by atoms with Gasteiger partial charge in [0.25, 0.3) is 0 Å². The molecule has 6 rings (SSSR count). The van der Waals surface area contributed by atoms with Crippen LogP contribution in [0.5, 0.6) is 23.1 Å². The van der Waals surface area contributed by atoms with Crippen molar-refractivity contribution in [1.82, 2.24) is 14.8 Å². The van der Waals surface area contributed by atoms with Crippen molar-refractivity contribution < 1.29 is 23.4 Å². The van der Waals surface area contributed by atoms with Crippen LogP contribution in [0, 0.1) is 19.7 Å². The summed E-state index contributed by atoms with van der Waals surface area (Å²) in [6.07, 6.45) is 5.94. The van der Waals surface area contributed by atoms with Gasteiger partial charge >= 0.3 is 0 Å². The van der Waals surface area contributed by atoms with E-state index < -0.39 is 0 Å². The molecule has 51 heavy (non-hydrogen) atoms. The zero-order chi connectivity index (χ0) is 35.6. The van der Waals surface area contributed by atoms with Crippen molar-refractivity contribution in [3.05, 3.63) is 154 Å². The third-order valence-corrected chi connectivity index (χ3v) is 9.12. The van der Waals surface area contributed by atoms with Crippen molar-refractivity contribution in [2.75, 3.05) is 32.8 Å². The molecule has 1 aliphatic rings. The number of amides is 1. The summed E-state index contributed by atoms with van der Waals surface area (Å²) in [7, 11) is 0. The molecule has 0 unspecified atom stereocenters. The third kappa shape index (κ3) is 10.2. The Balaban J connectivity index is 0.935. The molecule has 1 aromatic heterocycles. The molecular weight excluding hydrogens is 665 g/mol. The first-order valence-electron chi connectivity index (χ1n) is 17.1. The van der Waals surface area contributed by atoms with E-state index in [-0.39, 0.29) is 11.7 Å². The Labute approximate surface area is 303 Å². The van der Waals surface area contributed by atoms with Crippen molar-refractivity contribution in [2.45, 2.75) is 33.4 Å². The molecule has 4 aromatic carbocycles. The minimum Gasteiger partial charge on any atom is -0.493 e. The van der Waals surface area contributed by atoms with Crippen LogP contribution < -0.4 is 14.2 Å². The van der Waals surface area contributed by atoms with Gasteiger partial charge in [0.15, 0.2) is 0 Å². The number of aromatic nitrogens is 1. The van der Waals surface area contributed by atoms with Gasteiger partial charge in [-0.05, 0) is 96.3 Å². The molecular formula is C42H41ClFN3O4. The molecule has 262 valence electrons. The average molecular weight is 706 g/mol. The van der Waals surface area contributed by atoms with Crippen molar-refractivity contribution in [2.24, 2.45) is 0 Å². The lowest BCUT2D eigenvalue weighted by Crippen LogP contribution is -2.47. The van der Waals surface area contributed by atoms with Crippen molar-refractivity contribution in [1.29, 1.82) is 0 Å². The van der Waals surface area contributed by atoms with Crippen molar-refractivity contribution in [3.63, 3.8) is 0 Å². The number of halogens is 2. The van der Waals surface area contributed by atoms with Crippen molar-refractivity contribution in [3.8, 4) is 23.1 Å². The Hall–Kier alpha value is -5.18. The van der Waals surface area contributed by atoms with E-state index in [9.17, 15) is 9.18 Å². The van der Waals surface area contributed by atoms with Gasteiger partial charge in [0, 0.05) is 61.9 Å². The number of pyridine rings is 1. The summed E-state index contributed by atoms with van der Waals surface area (Å²) in [5, 5.41) is 0.664. The van der Waals surface area contributed by atoms with E-state index in [4.69, 9.17) is 25.8 Å². The number of carbonyl (C=O) groups is 1. The topological polar surface area (TPSA) is 64.1 Å². The summed E-state index contributed by atoms with van der Waals surface area (Å²) in [5.41, 5.74) is 6.16. The molecule has 0 N–H and O–H groups in total. The molecule has 0 spiro atoms. The van der Waals surface area contributed by atoms with Crippen LogP contribution >= 0.6 is 11.6 Å². The minimum atomic E-state index is -0.270. The van der Waals surface area contributed by atoms with E-state index in [0.29, 0.717) is 48.7 Å². The first-order valence-corrected chi connectivity index (χ1v) is 17.4. The molecule has 9 heteroatoms. The molecule has 0 bridgehead atoms. The molecule has 0 atom stereocenters. The normalized spacial score (nSPS) is 13.4. The first-order chi connectivity index (χ1) is 24.8. The smallest absolute Gasteiger partial charge is 0.246 e. The van der Waals surface area contributed by atoms with Gasteiger partial charge in [-0.2, -0.15) is 0 Å².